The Balaban J connectivity index is 1.79. The number of fused-ring (bicyclic) bond motifs is 1. The zero-order valence-electron chi connectivity index (χ0n) is 20.5. The van der Waals surface area contributed by atoms with Crippen molar-refractivity contribution < 1.29 is 9.66 Å². The molecule has 0 saturated carbocycles. The minimum atomic E-state index is -0.428. The number of likely N-dealkylation sites (N-methyl/N-ethyl adjacent to an activating group) is 1. The van der Waals surface area contributed by atoms with E-state index in [0.717, 1.165) is 34.3 Å². The number of aryl methyl sites for hydroxylation is 1. The highest BCUT2D eigenvalue weighted by atomic mass is 16.6. The molecule has 0 amide bonds. The van der Waals surface area contributed by atoms with Crippen LogP contribution in [0.5, 0.6) is 5.75 Å². The molecule has 4 rings (SSSR count). The molecule has 0 aliphatic rings. The van der Waals surface area contributed by atoms with Crippen molar-refractivity contribution in [1.82, 2.24) is 19.4 Å². The standard InChI is InChI=1S/C25H29N7O3/c1-26-22-16(11-13-30(2)3)14-20(24(35-5)23(22)32(33)34)29-25-27-12-10-19(28-25)18-15-31(4)21-9-7-6-8-17(18)21/h6-10,12,14-15,26H,11,13H2,1-5H3,(H,27,28,29). The first kappa shape index (κ1) is 24.0. The molecule has 35 heavy (non-hydrogen) atoms. The third kappa shape index (κ3) is 4.73. The third-order valence-electron chi connectivity index (χ3n) is 5.88. The number of nitrogens with one attached hydrogen (secondary N) is 2. The minimum absolute atomic E-state index is 0.118. The second-order valence-electron chi connectivity index (χ2n) is 8.46. The molecule has 0 aliphatic heterocycles. The first-order valence-corrected chi connectivity index (χ1v) is 11.2. The SMILES string of the molecule is CNc1c(CCN(C)C)cc(Nc2nccc(-c3cn(C)c4ccccc34)n2)c(OC)c1[N+](=O)[O-]. The topological polar surface area (TPSA) is 110 Å². The van der Waals surface area contributed by atoms with Crippen LogP contribution in [0.25, 0.3) is 22.2 Å². The molecule has 2 aromatic carbocycles. The number of rotatable bonds is 9. The molecule has 0 fully saturated rings. The van der Waals surface area contributed by atoms with Crippen LogP contribution in [0.4, 0.5) is 23.0 Å². The zero-order chi connectivity index (χ0) is 25.1. The van der Waals surface area contributed by atoms with Crippen LogP contribution in [-0.2, 0) is 13.5 Å². The number of nitro groups is 1. The van der Waals surface area contributed by atoms with Gasteiger partial charge in [-0.15, -0.1) is 0 Å². The molecule has 0 atom stereocenters. The van der Waals surface area contributed by atoms with Gasteiger partial charge in [0.15, 0.2) is 0 Å². The molecule has 2 aromatic heterocycles. The van der Waals surface area contributed by atoms with E-state index in [4.69, 9.17) is 9.72 Å². The largest absolute Gasteiger partial charge is 0.489 e. The third-order valence-corrected chi connectivity index (χ3v) is 5.88. The van der Waals surface area contributed by atoms with Crippen molar-refractivity contribution in [3.63, 3.8) is 0 Å². The van der Waals surface area contributed by atoms with Crippen molar-refractivity contribution in [3.8, 4) is 17.0 Å². The predicted octanol–water partition coefficient (Wildman–Crippen LogP) is 4.44. The predicted molar refractivity (Wildman–Crippen MR) is 139 cm³/mol. The monoisotopic (exact) mass is 475 g/mol. The van der Waals surface area contributed by atoms with Crippen LogP contribution in [0.1, 0.15) is 5.56 Å². The van der Waals surface area contributed by atoms with Crippen LogP contribution in [-0.4, -0.2) is 59.2 Å². The lowest BCUT2D eigenvalue weighted by Crippen LogP contribution is -2.16. The van der Waals surface area contributed by atoms with E-state index < -0.39 is 4.92 Å². The molecule has 0 radical (unpaired) electrons. The van der Waals surface area contributed by atoms with E-state index >= 15 is 0 Å². The quantitative estimate of drug-likeness (QED) is 0.270. The average Bonchev–Trinajstić information content (AvgIpc) is 3.19. The highest BCUT2D eigenvalue weighted by molar-refractivity contribution is 5.95. The van der Waals surface area contributed by atoms with E-state index in [-0.39, 0.29) is 11.4 Å². The molecular weight excluding hydrogens is 446 g/mol. The number of benzene rings is 2. The van der Waals surface area contributed by atoms with Crippen LogP contribution < -0.4 is 15.4 Å². The molecule has 0 saturated heterocycles. The highest BCUT2D eigenvalue weighted by Crippen LogP contribution is 2.44. The van der Waals surface area contributed by atoms with Crippen molar-refractivity contribution in [3.05, 3.63) is 64.5 Å². The number of nitrogens with zero attached hydrogens (tertiary/aromatic N) is 5. The van der Waals surface area contributed by atoms with Crippen LogP contribution >= 0.6 is 0 Å². The summed E-state index contributed by atoms with van der Waals surface area (Å²) < 4.78 is 7.55. The molecule has 0 spiro atoms. The molecule has 4 aromatic rings. The maximum absolute atomic E-state index is 12.0. The van der Waals surface area contributed by atoms with Crippen LogP contribution in [0.15, 0.2) is 48.8 Å². The van der Waals surface area contributed by atoms with Crippen LogP contribution in [0, 0.1) is 10.1 Å². The first-order chi connectivity index (χ1) is 16.8. The molecule has 0 bridgehead atoms. The van der Waals surface area contributed by atoms with E-state index in [1.165, 1.54) is 7.11 Å². The molecule has 0 unspecified atom stereocenters. The lowest BCUT2D eigenvalue weighted by molar-refractivity contribution is -0.384. The molecule has 10 heteroatoms. The van der Waals surface area contributed by atoms with Crippen molar-refractivity contribution >= 4 is 33.9 Å². The van der Waals surface area contributed by atoms with Crippen molar-refractivity contribution in [2.24, 2.45) is 7.05 Å². The number of nitro benzene ring substituents is 1. The highest BCUT2D eigenvalue weighted by Gasteiger charge is 2.28. The molecular formula is C25H29N7O3. The second kappa shape index (κ2) is 9.98. The summed E-state index contributed by atoms with van der Waals surface area (Å²) in [6.07, 6.45) is 4.31. The van der Waals surface area contributed by atoms with Gasteiger partial charge in [-0.25, -0.2) is 9.97 Å². The number of hydrogen-bond acceptors (Lipinski definition) is 8. The maximum Gasteiger partial charge on any atom is 0.336 e. The number of hydrogen-bond donors (Lipinski definition) is 2. The number of aromatic nitrogens is 3. The van der Waals surface area contributed by atoms with E-state index in [0.29, 0.717) is 23.7 Å². The van der Waals surface area contributed by atoms with Gasteiger partial charge in [0.25, 0.3) is 0 Å². The van der Waals surface area contributed by atoms with Gasteiger partial charge in [-0.05, 0) is 44.3 Å². The average molecular weight is 476 g/mol. The smallest absolute Gasteiger partial charge is 0.336 e. The van der Waals surface area contributed by atoms with Crippen molar-refractivity contribution in [2.75, 3.05) is 45.4 Å². The Bertz CT molecular complexity index is 1380. The molecule has 10 nitrogen and oxygen atoms in total. The van der Waals surface area contributed by atoms with Crippen molar-refractivity contribution in [1.29, 1.82) is 0 Å². The van der Waals surface area contributed by atoms with Crippen molar-refractivity contribution in [2.45, 2.75) is 6.42 Å². The van der Waals surface area contributed by atoms with Crippen LogP contribution in [0.3, 0.4) is 0 Å². The molecule has 182 valence electrons. The summed E-state index contributed by atoms with van der Waals surface area (Å²) in [7, 11) is 9.00. The fraction of sp³-hybridized carbons (Fsp3) is 0.280. The zero-order valence-corrected chi connectivity index (χ0v) is 20.5. The fourth-order valence-corrected chi connectivity index (χ4v) is 4.23. The lowest BCUT2D eigenvalue weighted by atomic mass is 10.0. The summed E-state index contributed by atoms with van der Waals surface area (Å²) >= 11 is 0. The number of anilines is 3. The maximum atomic E-state index is 12.0. The Hall–Kier alpha value is -4.18. The van der Waals surface area contributed by atoms with Gasteiger partial charge in [0, 0.05) is 49.5 Å². The van der Waals surface area contributed by atoms with Gasteiger partial charge in [-0.2, -0.15) is 0 Å². The van der Waals surface area contributed by atoms with E-state index in [2.05, 4.69) is 32.3 Å². The van der Waals surface area contributed by atoms with Gasteiger partial charge >= 0.3 is 5.69 Å². The Kier molecular flexibility index (Phi) is 6.83. The summed E-state index contributed by atoms with van der Waals surface area (Å²) in [5, 5.41) is 19.3. The Morgan fingerprint density at radius 1 is 1.23 bits per heavy atom. The number of ether oxygens (including phenoxy) is 1. The molecule has 0 aliphatic carbocycles. The minimum Gasteiger partial charge on any atom is -0.489 e. The van der Waals surface area contributed by atoms with Gasteiger partial charge < -0.3 is 24.8 Å². The van der Waals surface area contributed by atoms with Crippen LogP contribution in [0.2, 0.25) is 0 Å². The number of methoxy groups -OCH3 is 1. The van der Waals surface area contributed by atoms with E-state index in [1.807, 2.05) is 56.5 Å². The Morgan fingerprint density at radius 2 is 2.00 bits per heavy atom. The fourth-order valence-electron chi connectivity index (χ4n) is 4.23. The molecule has 2 N–H and O–H groups in total. The molecule has 2 heterocycles. The summed E-state index contributed by atoms with van der Waals surface area (Å²) in [5.41, 5.74) is 4.35. The van der Waals surface area contributed by atoms with Gasteiger partial charge in [-0.3, -0.25) is 10.1 Å². The number of para-hydroxylation sites is 1. The summed E-state index contributed by atoms with van der Waals surface area (Å²) in [5.74, 6) is 0.436. The van der Waals surface area contributed by atoms with Gasteiger partial charge in [0.1, 0.15) is 5.69 Å². The van der Waals surface area contributed by atoms with Gasteiger partial charge in [0.2, 0.25) is 11.7 Å². The Morgan fingerprint density at radius 3 is 2.69 bits per heavy atom. The lowest BCUT2D eigenvalue weighted by Gasteiger charge is -2.18. The Labute approximate surface area is 203 Å². The first-order valence-electron chi connectivity index (χ1n) is 11.2. The summed E-state index contributed by atoms with van der Waals surface area (Å²) in [6, 6.07) is 11.8. The van der Waals surface area contributed by atoms with E-state index in [9.17, 15) is 10.1 Å². The summed E-state index contributed by atoms with van der Waals surface area (Å²) in [6.45, 7) is 0.727. The van der Waals surface area contributed by atoms with E-state index in [1.54, 1.807) is 13.2 Å². The summed E-state index contributed by atoms with van der Waals surface area (Å²) in [4.78, 5) is 22.7. The van der Waals surface area contributed by atoms with Gasteiger partial charge in [-0.1, -0.05) is 18.2 Å². The second-order valence-corrected chi connectivity index (χ2v) is 8.46. The van der Waals surface area contributed by atoms with Gasteiger partial charge in [0.05, 0.1) is 23.4 Å². The normalized spacial score (nSPS) is 11.1.